The SMILES string of the molecule is COc1ccc(NC(=O)c2cc(C(=O)Nc3cc(C)on3)ccn2)c(OC)c1. The third kappa shape index (κ3) is 4.26. The van der Waals surface area contributed by atoms with Crippen LogP contribution in [0.1, 0.15) is 26.6 Å². The number of amides is 2. The van der Waals surface area contributed by atoms with Gasteiger partial charge in [-0.05, 0) is 31.2 Å². The molecule has 0 aliphatic rings. The van der Waals surface area contributed by atoms with Gasteiger partial charge in [0.15, 0.2) is 5.82 Å². The van der Waals surface area contributed by atoms with Gasteiger partial charge in [0.25, 0.3) is 11.8 Å². The first kappa shape index (κ1) is 18.9. The van der Waals surface area contributed by atoms with Crippen LogP contribution in [0.5, 0.6) is 11.5 Å². The number of anilines is 2. The first-order valence-electron chi connectivity index (χ1n) is 8.24. The van der Waals surface area contributed by atoms with Crippen molar-refractivity contribution in [3.63, 3.8) is 0 Å². The van der Waals surface area contributed by atoms with Crippen LogP contribution in [0.2, 0.25) is 0 Å². The smallest absolute Gasteiger partial charge is 0.274 e. The van der Waals surface area contributed by atoms with Crippen LogP contribution in [0.4, 0.5) is 11.5 Å². The summed E-state index contributed by atoms with van der Waals surface area (Å²) >= 11 is 0. The largest absolute Gasteiger partial charge is 0.497 e. The molecule has 144 valence electrons. The lowest BCUT2D eigenvalue weighted by Crippen LogP contribution is -2.17. The van der Waals surface area contributed by atoms with E-state index in [0.717, 1.165) is 0 Å². The van der Waals surface area contributed by atoms with Gasteiger partial charge in [-0.1, -0.05) is 5.16 Å². The highest BCUT2D eigenvalue weighted by Crippen LogP contribution is 2.29. The Hall–Kier alpha value is -3.88. The topological polar surface area (TPSA) is 116 Å². The summed E-state index contributed by atoms with van der Waals surface area (Å²) in [6.07, 6.45) is 1.38. The van der Waals surface area contributed by atoms with Crippen molar-refractivity contribution in [1.82, 2.24) is 10.1 Å². The van der Waals surface area contributed by atoms with Gasteiger partial charge in [0.05, 0.1) is 19.9 Å². The van der Waals surface area contributed by atoms with Crippen molar-refractivity contribution in [3.05, 3.63) is 59.6 Å². The second kappa shape index (κ2) is 8.21. The Bertz CT molecular complexity index is 1020. The van der Waals surface area contributed by atoms with Crippen LogP contribution in [-0.4, -0.2) is 36.2 Å². The standard InChI is InChI=1S/C19H18N4O5/c1-11-8-17(23-28-11)22-18(24)12-6-7-20-15(9-12)19(25)21-14-5-4-13(26-2)10-16(14)27-3/h4-10H,1-3H3,(H,21,25)(H,22,23,24). The van der Waals surface area contributed by atoms with Gasteiger partial charge in [-0.25, -0.2) is 0 Å². The second-order valence-corrected chi connectivity index (χ2v) is 5.73. The molecule has 0 aliphatic carbocycles. The minimum absolute atomic E-state index is 0.0712. The Morgan fingerprint density at radius 3 is 2.50 bits per heavy atom. The second-order valence-electron chi connectivity index (χ2n) is 5.73. The van der Waals surface area contributed by atoms with Crippen molar-refractivity contribution in [1.29, 1.82) is 0 Å². The number of aromatic nitrogens is 2. The summed E-state index contributed by atoms with van der Waals surface area (Å²) < 4.78 is 15.3. The Balaban J connectivity index is 1.76. The molecule has 0 unspecified atom stereocenters. The molecule has 0 bridgehead atoms. The van der Waals surface area contributed by atoms with E-state index in [9.17, 15) is 9.59 Å². The number of nitrogens with zero attached hydrogens (tertiary/aromatic N) is 2. The highest BCUT2D eigenvalue weighted by molar-refractivity contribution is 6.07. The zero-order valence-corrected chi connectivity index (χ0v) is 15.5. The zero-order valence-electron chi connectivity index (χ0n) is 15.5. The van der Waals surface area contributed by atoms with Crippen LogP contribution >= 0.6 is 0 Å². The highest BCUT2D eigenvalue weighted by Gasteiger charge is 2.15. The van der Waals surface area contributed by atoms with E-state index in [-0.39, 0.29) is 17.1 Å². The fourth-order valence-electron chi connectivity index (χ4n) is 2.40. The molecule has 0 spiro atoms. The molecular weight excluding hydrogens is 364 g/mol. The Labute approximate surface area is 160 Å². The summed E-state index contributed by atoms with van der Waals surface area (Å²) in [4.78, 5) is 28.9. The predicted octanol–water partition coefficient (Wildman–Crippen LogP) is 2.90. The third-order valence-corrected chi connectivity index (χ3v) is 3.78. The Kier molecular flexibility index (Phi) is 5.54. The monoisotopic (exact) mass is 382 g/mol. The molecule has 3 rings (SSSR count). The molecule has 2 heterocycles. The lowest BCUT2D eigenvalue weighted by Gasteiger charge is -2.11. The summed E-state index contributed by atoms with van der Waals surface area (Å²) in [5.41, 5.74) is 0.771. The van der Waals surface area contributed by atoms with Crippen LogP contribution in [0.3, 0.4) is 0 Å². The molecule has 2 aromatic heterocycles. The van der Waals surface area contributed by atoms with E-state index in [4.69, 9.17) is 14.0 Å². The van der Waals surface area contributed by atoms with Gasteiger partial charge in [-0.15, -0.1) is 0 Å². The van der Waals surface area contributed by atoms with Gasteiger partial charge in [0.2, 0.25) is 0 Å². The summed E-state index contributed by atoms with van der Waals surface area (Å²) in [5, 5.41) is 9.00. The molecule has 0 aliphatic heterocycles. The lowest BCUT2D eigenvalue weighted by molar-refractivity contribution is 0.102. The van der Waals surface area contributed by atoms with E-state index in [1.165, 1.54) is 32.5 Å². The van der Waals surface area contributed by atoms with E-state index in [0.29, 0.717) is 22.9 Å². The van der Waals surface area contributed by atoms with Crippen molar-refractivity contribution in [2.24, 2.45) is 0 Å². The van der Waals surface area contributed by atoms with Crippen LogP contribution in [0.15, 0.2) is 47.1 Å². The van der Waals surface area contributed by atoms with Gasteiger partial charge in [-0.3, -0.25) is 14.6 Å². The molecule has 9 nitrogen and oxygen atoms in total. The number of carbonyl (C=O) groups excluding carboxylic acids is 2. The molecule has 0 saturated heterocycles. The molecule has 0 radical (unpaired) electrons. The van der Waals surface area contributed by atoms with Gasteiger partial charge < -0.3 is 24.6 Å². The van der Waals surface area contributed by atoms with Gasteiger partial charge in [0, 0.05) is 23.9 Å². The van der Waals surface area contributed by atoms with E-state index in [1.807, 2.05) is 0 Å². The van der Waals surface area contributed by atoms with Crippen molar-refractivity contribution >= 4 is 23.3 Å². The number of hydrogen-bond donors (Lipinski definition) is 2. The van der Waals surface area contributed by atoms with Gasteiger partial charge in [0.1, 0.15) is 23.0 Å². The average molecular weight is 382 g/mol. The minimum Gasteiger partial charge on any atom is -0.497 e. The first-order valence-corrected chi connectivity index (χ1v) is 8.24. The van der Waals surface area contributed by atoms with Crippen molar-refractivity contribution < 1.29 is 23.6 Å². The van der Waals surface area contributed by atoms with Crippen LogP contribution in [-0.2, 0) is 0 Å². The normalized spacial score (nSPS) is 10.2. The van der Waals surface area contributed by atoms with Gasteiger partial charge in [-0.2, -0.15) is 0 Å². The fourth-order valence-corrected chi connectivity index (χ4v) is 2.40. The minimum atomic E-state index is -0.490. The summed E-state index contributed by atoms with van der Waals surface area (Å²) in [6.45, 7) is 1.71. The van der Waals surface area contributed by atoms with E-state index < -0.39 is 11.8 Å². The van der Waals surface area contributed by atoms with Crippen molar-refractivity contribution in [3.8, 4) is 11.5 Å². The third-order valence-electron chi connectivity index (χ3n) is 3.78. The predicted molar refractivity (Wildman–Crippen MR) is 101 cm³/mol. The average Bonchev–Trinajstić information content (AvgIpc) is 3.12. The number of aryl methyl sites for hydroxylation is 1. The molecule has 9 heteroatoms. The van der Waals surface area contributed by atoms with E-state index in [2.05, 4.69) is 20.8 Å². The number of nitrogens with one attached hydrogen (secondary N) is 2. The molecule has 3 aromatic rings. The summed E-state index contributed by atoms with van der Waals surface area (Å²) in [5.74, 6) is 0.951. The maximum Gasteiger partial charge on any atom is 0.274 e. The van der Waals surface area contributed by atoms with Crippen molar-refractivity contribution in [2.45, 2.75) is 6.92 Å². The fraction of sp³-hybridized carbons (Fsp3) is 0.158. The Morgan fingerprint density at radius 1 is 1.00 bits per heavy atom. The molecule has 28 heavy (non-hydrogen) atoms. The molecular formula is C19H18N4O5. The highest BCUT2D eigenvalue weighted by atomic mass is 16.5. The summed E-state index contributed by atoms with van der Waals surface area (Å²) in [6, 6.07) is 9.45. The lowest BCUT2D eigenvalue weighted by atomic mass is 10.2. The molecule has 0 saturated carbocycles. The quantitative estimate of drug-likeness (QED) is 0.673. The first-order chi connectivity index (χ1) is 13.5. The van der Waals surface area contributed by atoms with Crippen molar-refractivity contribution in [2.75, 3.05) is 24.9 Å². The Morgan fingerprint density at radius 2 is 1.82 bits per heavy atom. The molecule has 2 amide bonds. The maximum atomic E-state index is 12.6. The number of rotatable bonds is 6. The molecule has 0 atom stereocenters. The van der Waals surface area contributed by atoms with E-state index >= 15 is 0 Å². The number of methoxy groups -OCH3 is 2. The number of ether oxygens (including phenoxy) is 2. The number of carbonyl (C=O) groups is 2. The number of benzene rings is 1. The number of hydrogen-bond acceptors (Lipinski definition) is 7. The van der Waals surface area contributed by atoms with Crippen LogP contribution in [0.25, 0.3) is 0 Å². The van der Waals surface area contributed by atoms with Crippen LogP contribution < -0.4 is 20.1 Å². The molecule has 1 aromatic carbocycles. The van der Waals surface area contributed by atoms with Crippen LogP contribution in [0, 0.1) is 6.92 Å². The maximum absolute atomic E-state index is 12.6. The molecule has 0 fully saturated rings. The van der Waals surface area contributed by atoms with Gasteiger partial charge >= 0.3 is 0 Å². The van der Waals surface area contributed by atoms with E-state index in [1.54, 1.807) is 31.2 Å². The zero-order chi connectivity index (χ0) is 20.1. The molecule has 2 N–H and O–H groups in total. The number of pyridine rings is 1. The summed E-state index contributed by atoms with van der Waals surface area (Å²) in [7, 11) is 3.02.